The summed E-state index contributed by atoms with van der Waals surface area (Å²) in [4.78, 5) is 16.0. The zero-order chi connectivity index (χ0) is 13.7. The van der Waals surface area contributed by atoms with Gasteiger partial charge in [-0.15, -0.1) is 11.8 Å². The summed E-state index contributed by atoms with van der Waals surface area (Å²) in [6, 6.07) is 11.6. The van der Waals surface area contributed by atoms with Crippen LogP contribution in [0, 0.1) is 0 Å². The molecule has 0 radical (unpaired) electrons. The van der Waals surface area contributed by atoms with Gasteiger partial charge in [-0.25, -0.2) is 4.98 Å². The normalized spacial score (nSPS) is 10.2. The fraction of sp³-hybridized carbons (Fsp3) is 0.143. The fourth-order valence-electron chi connectivity index (χ4n) is 1.59. The molecule has 0 fully saturated rings. The highest BCUT2D eigenvalue weighted by Crippen LogP contribution is 2.24. The van der Waals surface area contributed by atoms with Crippen molar-refractivity contribution in [3.05, 3.63) is 48.2 Å². The molecule has 0 aliphatic heterocycles. The van der Waals surface area contributed by atoms with Crippen LogP contribution in [0.5, 0.6) is 0 Å². The molecular weight excluding hydrogens is 258 g/mol. The second-order valence-electron chi connectivity index (χ2n) is 4.08. The first-order chi connectivity index (χ1) is 9.13. The second-order valence-corrected chi connectivity index (χ2v) is 5.13. The number of anilines is 2. The molecule has 1 aromatic heterocycles. The first kappa shape index (κ1) is 13.4. The summed E-state index contributed by atoms with van der Waals surface area (Å²) in [5.74, 6) is 1.32. The van der Waals surface area contributed by atoms with Gasteiger partial charge in [-0.3, -0.25) is 4.79 Å². The second kappa shape index (κ2) is 6.24. The van der Waals surface area contributed by atoms with Crippen LogP contribution >= 0.6 is 11.8 Å². The van der Waals surface area contributed by atoms with E-state index < -0.39 is 0 Å². The van der Waals surface area contributed by atoms with E-state index >= 15 is 0 Å². The zero-order valence-electron chi connectivity index (χ0n) is 10.6. The summed E-state index contributed by atoms with van der Waals surface area (Å²) in [5.41, 5.74) is 7.59. The number of nitrogen functional groups attached to an aromatic ring is 1. The van der Waals surface area contributed by atoms with Crippen LogP contribution in [0.15, 0.2) is 47.5 Å². The number of aromatic nitrogens is 1. The first-order valence-corrected chi connectivity index (χ1v) is 6.83. The fourth-order valence-corrected chi connectivity index (χ4v) is 2.43. The number of amides is 1. The van der Waals surface area contributed by atoms with E-state index in [4.69, 9.17) is 5.73 Å². The van der Waals surface area contributed by atoms with E-state index in [1.807, 2.05) is 36.4 Å². The zero-order valence-corrected chi connectivity index (χ0v) is 11.4. The third kappa shape index (κ3) is 4.30. The number of pyridine rings is 1. The van der Waals surface area contributed by atoms with Gasteiger partial charge in [-0.05, 0) is 42.0 Å². The molecule has 0 saturated heterocycles. The number of nitrogens with zero attached hydrogens (tertiary/aromatic N) is 1. The largest absolute Gasteiger partial charge is 0.384 e. The number of nitrogens with one attached hydrogen (secondary N) is 1. The number of carbonyl (C=O) groups is 1. The van der Waals surface area contributed by atoms with E-state index in [1.54, 1.807) is 18.0 Å². The van der Waals surface area contributed by atoms with Crippen LogP contribution in [0.2, 0.25) is 0 Å². The molecule has 0 spiro atoms. The van der Waals surface area contributed by atoms with Crippen LogP contribution < -0.4 is 11.1 Å². The SMILES string of the molecule is CC(=O)Nc1ccc(SCc2ccnc(N)c2)cc1. The van der Waals surface area contributed by atoms with Gasteiger partial charge in [0.05, 0.1) is 0 Å². The Bertz CT molecular complexity index is 569. The molecule has 0 atom stereocenters. The van der Waals surface area contributed by atoms with E-state index in [1.165, 1.54) is 6.92 Å². The van der Waals surface area contributed by atoms with E-state index in [2.05, 4.69) is 10.3 Å². The van der Waals surface area contributed by atoms with Crippen LogP contribution in [0.3, 0.4) is 0 Å². The lowest BCUT2D eigenvalue weighted by Gasteiger charge is -2.05. The molecule has 0 unspecified atom stereocenters. The predicted octanol–water partition coefficient (Wildman–Crippen LogP) is 2.91. The van der Waals surface area contributed by atoms with Gasteiger partial charge in [0.15, 0.2) is 0 Å². The average molecular weight is 273 g/mol. The van der Waals surface area contributed by atoms with Crippen molar-refractivity contribution >= 4 is 29.2 Å². The smallest absolute Gasteiger partial charge is 0.221 e. The standard InChI is InChI=1S/C14H15N3OS/c1-10(18)17-12-2-4-13(5-3-12)19-9-11-6-7-16-14(15)8-11/h2-8H,9H2,1H3,(H2,15,16)(H,17,18). The number of nitrogens with two attached hydrogens (primary N) is 1. The Labute approximate surface area is 116 Å². The number of benzene rings is 1. The van der Waals surface area contributed by atoms with Crippen molar-refractivity contribution in [1.82, 2.24) is 4.98 Å². The molecule has 0 bridgehead atoms. The maximum atomic E-state index is 10.9. The molecule has 0 saturated carbocycles. The monoisotopic (exact) mass is 273 g/mol. The van der Waals surface area contributed by atoms with Crippen LogP contribution in [-0.2, 0) is 10.5 Å². The van der Waals surface area contributed by atoms with Crippen LogP contribution in [-0.4, -0.2) is 10.9 Å². The molecule has 3 N–H and O–H groups in total. The third-order valence-corrected chi connectivity index (χ3v) is 3.51. The van der Waals surface area contributed by atoms with E-state index in [9.17, 15) is 4.79 Å². The van der Waals surface area contributed by atoms with Gasteiger partial charge in [-0.2, -0.15) is 0 Å². The molecule has 0 aliphatic carbocycles. The molecule has 98 valence electrons. The minimum atomic E-state index is -0.0623. The maximum Gasteiger partial charge on any atom is 0.221 e. The number of carbonyl (C=O) groups excluding carboxylic acids is 1. The Hall–Kier alpha value is -2.01. The van der Waals surface area contributed by atoms with Crippen LogP contribution in [0.25, 0.3) is 0 Å². The average Bonchev–Trinajstić information content (AvgIpc) is 2.37. The van der Waals surface area contributed by atoms with E-state index in [0.717, 1.165) is 21.9 Å². The van der Waals surface area contributed by atoms with Gasteiger partial charge >= 0.3 is 0 Å². The topological polar surface area (TPSA) is 68.0 Å². The minimum absolute atomic E-state index is 0.0623. The van der Waals surface area contributed by atoms with Crippen molar-refractivity contribution in [2.75, 3.05) is 11.1 Å². The Kier molecular flexibility index (Phi) is 4.41. The lowest BCUT2D eigenvalue weighted by atomic mass is 10.3. The van der Waals surface area contributed by atoms with Gasteiger partial charge in [-0.1, -0.05) is 0 Å². The maximum absolute atomic E-state index is 10.9. The molecular formula is C14H15N3OS. The van der Waals surface area contributed by atoms with Gasteiger partial charge in [0, 0.05) is 29.5 Å². The first-order valence-electron chi connectivity index (χ1n) is 5.84. The van der Waals surface area contributed by atoms with E-state index in [-0.39, 0.29) is 5.91 Å². The summed E-state index contributed by atoms with van der Waals surface area (Å²) in [6.45, 7) is 1.50. The third-order valence-electron chi connectivity index (χ3n) is 2.43. The Morgan fingerprint density at radius 1 is 1.32 bits per heavy atom. The van der Waals surface area contributed by atoms with Crippen molar-refractivity contribution in [3.8, 4) is 0 Å². The van der Waals surface area contributed by atoms with Crippen molar-refractivity contribution in [1.29, 1.82) is 0 Å². The van der Waals surface area contributed by atoms with Crippen molar-refractivity contribution in [2.45, 2.75) is 17.6 Å². The molecule has 4 nitrogen and oxygen atoms in total. The number of hydrogen-bond acceptors (Lipinski definition) is 4. The van der Waals surface area contributed by atoms with Crippen molar-refractivity contribution < 1.29 is 4.79 Å². The summed E-state index contributed by atoms with van der Waals surface area (Å²) < 4.78 is 0. The molecule has 2 aromatic rings. The predicted molar refractivity (Wildman–Crippen MR) is 79.0 cm³/mol. The van der Waals surface area contributed by atoms with Gasteiger partial charge < -0.3 is 11.1 Å². The number of rotatable bonds is 4. The van der Waals surface area contributed by atoms with Gasteiger partial charge in [0.25, 0.3) is 0 Å². The summed E-state index contributed by atoms with van der Waals surface area (Å²) in [6.07, 6.45) is 1.71. The molecule has 5 heteroatoms. The molecule has 19 heavy (non-hydrogen) atoms. The Balaban J connectivity index is 1.94. The highest BCUT2D eigenvalue weighted by Gasteiger charge is 1.99. The Morgan fingerprint density at radius 3 is 2.68 bits per heavy atom. The highest BCUT2D eigenvalue weighted by molar-refractivity contribution is 7.98. The molecule has 0 aliphatic rings. The van der Waals surface area contributed by atoms with Gasteiger partial charge in [0.1, 0.15) is 5.82 Å². The number of thioether (sulfide) groups is 1. The molecule has 1 heterocycles. The quantitative estimate of drug-likeness (QED) is 0.840. The van der Waals surface area contributed by atoms with Crippen molar-refractivity contribution in [3.63, 3.8) is 0 Å². The van der Waals surface area contributed by atoms with E-state index in [0.29, 0.717) is 5.82 Å². The minimum Gasteiger partial charge on any atom is -0.384 e. The lowest BCUT2D eigenvalue weighted by molar-refractivity contribution is -0.114. The molecule has 1 aromatic carbocycles. The van der Waals surface area contributed by atoms with Crippen LogP contribution in [0.4, 0.5) is 11.5 Å². The molecule has 2 rings (SSSR count). The summed E-state index contributed by atoms with van der Waals surface area (Å²) in [7, 11) is 0. The summed E-state index contributed by atoms with van der Waals surface area (Å²) in [5, 5.41) is 2.74. The molecule has 1 amide bonds. The summed E-state index contributed by atoms with van der Waals surface area (Å²) >= 11 is 1.71. The van der Waals surface area contributed by atoms with Gasteiger partial charge in [0.2, 0.25) is 5.91 Å². The Morgan fingerprint density at radius 2 is 2.05 bits per heavy atom. The van der Waals surface area contributed by atoms with Crippen molar-refractivity contribution in [2.24, 2.45) is 0 Å². The van der Waals surface area contributed by atoms with Crippen LogP contribution in [0.1, 0.15) is 12.5 Å². The number of hydrogen-bond donors (Lipinski definition) is 2. The highest BCUT2D eigenvalue weighted by atomic mass is 32.2. The lowest BCUT2D eigenvalue weighted by Crippen LogP contribution is -2.05.